The summed E-state index contributed by atoms with van der Waals surface area (Å²) < 4.78 is 78.5. The zero-order valence-electron chi connectivity index (χ0n) is 16.7. The molecule has 0 saturated carbocycles. The summed E-state index contributed by atoms with van der Waals surface area (Å²) in [4.78, 5) is -0.668. The van der Waals surface area contributed by atoms with E-state index in [-0.39, 0.29) is 6.61 Å². The Labute approximate surface area is 160 Å². The van der Waals surface area contributed by atoms with E-state index >= 15 is 0 Å². The minimum absolute atomic E-state index is 0.0838. The van der Waals surface area contributed by atoms with Gasteiger partial charge < -0.3 is 14.4 Å². The maximum absolute atomic E-state index is 13.3. The second-order valence-corrected chi connectivity index (χ2v) is 15.6. The quantitative estimate of drug-likeness (QED) is 0.240. The Morgan fingerprint density at radius 1 is 1.37 bits per heavy atom. The first-order valence-electron chi connectivity index (χ1n) is 8.74. The first-order chi connectivity index (χ1) is 12.1. The predicted molar refractivity (Wildman–Crippen MR) is 102 cm³/mol. The molecule has 1 unspecified atom stereocenters. The van der Waals surface area contributed by atoms with E-state index in [9.17, 15) is 21.6 Å². The normalized spacial score (nSPS) is 21.7. The molecule has 0 aromatic carbocycles. The lowest BCUT2D eigenvalue weighted by Gasteiger charge is -2.23. The van der Waals surface area contributed by atoms with Crippen molar-refractivity contribution in [3.05, 3.63) is 11.5 Å². The molecule has 27 heavy (non-hydrogen) atoms. The number of hydrogen-bond acceptors (Lipinski definition) is 4. The van der Waals surface area contributed by atoms with Crippen molar-refractivity contribution in [2.45, 2.75) is 63.5 Å². The molecule has 0 radical (unpaired) electrons. The van der Waals surface area contributed by atoms with Crippen molar-refractivity contribution < 1.29 is 31.1 Å². The molecule has 0 fully saturated rings. The summed E-state index contributed by atoms with van der Waals surface area (Å²) in [7, 11) is -4.09. The molecular weight excluding hydrogens is 401 g/mol. The van der Waals surface area contributed by atoms with Gasteiger partial charge in [0.05, 0.1) is 13.0 Å². The fourth-order valence-electron chi connectivity index (χ4n) is 2.29. The van der Waals surface area contributed by atoms with Gasteiger partial charge in [-0.2, -0.15) is 17.6 Å². The van der Waals surface area contributed by atoms with Gasteiger partial charge in [0.15, 0.2) is 0 Å². The largest absolute Gasteiger partial charge is 0.494 e. The molecule has 11 heteroatoms. The second-order valence-electron chi connectivity index (χ2n) is 7.94. The average molecular weight is 431 g/mol. The van der Waals surface area contributed by atoms with Crippen LogP contribution in [0.25, 0.3) is 0 Å². The monoisotopic (exact) mass is 430 g/mol. The molecule has 0 bridgehead atoms. The maximum Gasteiger partial charge on any atom is 0.452 e. The second kappa shape index (κ2) is 8.42. The SMILES string of the molecule is CCN(C)C=NS(=O)(=O)C1(C)CC(OCCC[Si](C)(C)C)=C(C(F)(F)F)O1. The van der Waals surface area contributed by atoms with Crippen molar-refractivity contribution >= 4 is 24.4 Å². The van der Waals surface area contributed by atoms with Crippen molar-refractivity contribution in [1.82, 2.24) is 4.90 Å². The number of halogens is 3. The highest BCUT2D eigenvalue weighted by atomic mass is 32.2. The van der Waals surface area contributed by atoms with Gasteiger partial charge in [-0.25, -0.2) is 8.42 Å². The molecule has 1 atom stereocenters. The van der Waals surface area contributed by atoms with Crippen molar-refractivity contribution in [3.8, 4) is 0 Å². The summed E-state index contributed by atoms with van der Waals surface area (Å²) in [5.41, 5.74) is 0. The van der Waals surface area contributed by atoms with Gasteiger partial charge in [0, 0.05) is 21.7 Å². The van der Waals surface area contributed by atoms with Crippen LogP contribution in [0.3, 0.4) is 0 Å². The Morgan fingerprint density at radius 3 is 2.44 bits per heavy atom. The highest BCUT2D eigenvalue weighted by Crippen LogP contribution is 2.45. The van der Waals surface area contributed by atoms with E-state index in [0.717, 1.165) is 19.3 Å². The molecule has 1 rings (SSSR count). The third-order valence-corrected chi connectivity index (χ3v) is 7.63. The van der Waals surface area contributed by atoms with Crippen molar-refractivity contribution in [2.75, 3.05) is 20.2 Å². The molecule has 0 spiro atoms. The lowest BCUT2D eigenvalue weighted by atomic mass is 10.2. The smallest absolute Gasteiger partial charge is 0.452 e. The lowest BCUT2D eigenvalue weighted by molar-refractivity contribution is -0.138. The van der Waals surface area contributed by atoms with Crippen LogP contribution in [0.2, 0.25) is 25.7 Å². The molecular formula is C16H29F3N2O4SSi. The van der Waals surface area contributed by atoms with Gasteiger partial charge in [0.2, 0.25) is 10.7 Å². The number of nitrogens with zero attached hydrogens (tertiary/aromatic N) is 2. The fourth-order valence-corrected chi connectivity index (χ4v) is 4.51. The maximum atomic E-state index is 13.3. The molecule has 1 aliphatic heterocycles. The molecule has 0 aromatic rings. The van der Waals surface area contributed by atoms with E-state index in [1.165, 1.54) is 4.90 Å². The third-order valence-electron chi connectivity index (χ3n) is 4.09. The van der Waals surface area contributed by atoms with E-state index in [4.69, 9.17) is 9.47 Å². The van der Waals surface area contributed by atoms with Gasteiger partial charge in [0.25, 0.3) is 10.0 Å². The van der Waals surface area contributed by atoms with E-state index in [1.807, 2.05) is 0 Å². The van der Waals surface area contributed by atoms with E-state index < -0.39 is 47.1 Å². The van der Waals surface area contributed by atoms with Gasteiger partial charge in [-0.1, -0.05) is 25.7 Å². The van der Waals surface area contributed by atoms with Gasteiger partial charge in [-0.15, -0.1) is 0 Å². The summed E-state index contributed by atoms with van der Waals surface area (Å²) in [6.45, 7) is 9.90. The Morgan fingerprint density at radius 2 is 1.96 bits per heavy atom. The van der Waals surface area contributed by atoms with Crippen LogP contribution in [0.1, 0.15) is 26.7 Å². The molecule has 6 nitrogen and oxygen atoms in total. The Kier molecular flexibility index (Phi) is 7.42. The van der Waals surface area contributed by atoms with Gasteiger partial charge in [0.1, 0.15) is 12.1 Å². The Hall–Kier alpha value is -1.23. The van der Waals surface area contributed by atoms with Crippen molar-refractivity contribution in [2.24, 2.45) is 4.40 Å². The van der Waals surface area contributed by atoms with E-state index in [1.54, 1.807) is 14.0 Å². The highest BCUT2D eigenvalue weighted by Gasteiger charge is 2.56. The van der Waals surface area contributed by atoms with Gasteiger partial charge in [-0.05, 0) is 20.3 Å². The van der Waals surface area contributed by atoms with Crippen LogP contribution in [-0.4, -0.2) is 59.0 Å². The third kappa shape index (κ3) is 6.70. The summed E-state index contributed by atoms with van der Waals surface area (Å²) >= 11 is 0. The molecule has 0 aromatic heterocycles. The van der Waals surface area contributed by atoms with Crippen LogP contribution >= 0.6 is 0 Å². The van der Waals surface area contributed by atoms with Crippen LogP contribution in [-0.2, 0) is 19.5 Å². The highest BCUT2D eigenvalue weighted by molar-refractivity contribution is 7.91. The van der Waals surface area contributed by atoms with Crippen molar-refractivity contribution in [1.29, 1.82) is 0 Å². The van der Waals surface area contributed by atoms with Gasteiger partial charge >= 0.3 is 6.18 Å². The molecule has 1 aliphatic rings. The number of sulfonamides is 1. The van der Waals surface area contributed by atoms with Crippen LogP contribution < -0.4 is 0 Å². The fraction of sp³-hybridized carbons (Fsp3) is 0.812. The Bertz CT molecular complexity index is 687. The predicted octanol–water partition coefficient (Wildman–Crippen LogP) is 3.95. The molecule has 0 saturated heterocycles. The molecule has 0 N–H and O–H groups in total. The summed E-state index contributed by atoms with van der Waals surface area (Å²) in [5, 5.41) is 0. The topological polar surface area (TPSA) is 68.2 Å². The van der Waals surface area contributed by atoms with Crippen LogP contribution in [0.4, 0.5) is 13.2 Å². The number of hydrogen-bond donors (Lipinski definition) is 0. The molecule has 0 aliphatic carbocycles. The zero-order chi connectivity index (χ0) is 21.1. The number of ether oxygens (including phenoxy) is 2. The standard InChI is InChI=1S/C16H29F3N2O4SSi/c1-7-21(3)12-20-26(22,23)15(2)11-13(14(25-15)16(17,18)19)24-9-8-10-27(4,5)6/h12H,7-11H2,1-6H3. The number of alkyl halides is 3. The van der Waals surface area contributed by atoms with Crippen molar-refractivity contribution in [3.63, 3.8) is 0 Å². The van der Waals surface area contributed by atoms with Crippen LogP contribution in [0, 0.1) is 0 Å². The van der Waals surface area contributed by atoms with Crippen LogP contribution in [0.15, 0.2) is 15.9 Å². The zero-order valence-corrected chi connectivity index (χ0v) is 18.5. The van der Waals surface area contributed by atoms with Crippen LogP contribution in [0.5, 0.6) is 0 Å². The van der Waals surface area contributed by atoms with E-state index in [0.29, 0.717) is 13.0 Å². The molecule has 158 valence electrons. The average Bonchev–Trinajstić information content (AvgIpc) is 2.87. The summed E-state index contributed by atoms with van der Waals surface area (Å²) in [6.07, 6.45) is -3.72. The summed E-state index contributed by atoms with van der Waals surface area (Å²) in [5.74, 6) is -1.87. The minimum Gasteiger partial charge on any atom is -0.494 e. The lowest BCUT2D eigenvalue weighted by Crippen LogP contribution is -2.35. The van der Waals surface area contributed by atoms with E-state index in [2.05, 4.69) is 24.0 Å². The molecule has 1 heterocycles. The Balaban J connectivity index is 2.97. The minimum atomic E-state index is -4.84. The van der Waals surface area contributed by atoms with Gasteiger partial charge in [-0.3, -0.25) is 0 Å². The first-order valence-corrected chi connectivity index (χ1v) is 13.9. The molecule has 0 amide bonds. The first kappa shape index (κ1) is 23.8. The number of rotatable bonds is 9. The number of allylic oxidation sites excluding steroid dienone is 1. The summed E-state index contributed by atoms with van der Waals surface area (Å²) in [6, 6.07) is 0.895.